The number of ketones is 1. The molecule has 1 aliphatic heterocycles. The van der Waals surface area contributed by atoms with Gasteiger partial charge in [0.05, 0.1) is 0 Å². The van der Waals surface area contributed by atoms with Gasteiger partial charge in [-0.3, -0.25) is 9.59 Å². The molecular weight excluding hydrogens is 198 g/mol. The number of carbonyl (C=O) groups is 2. The molecule has 0 aromatic heterocycles. The van der Waals surface area contributed by atoms with E-state index >= 15 is 0 Å². The minimum absolute atomic E-state index is 0.646. The highest BCUT2D eigenvalue weighted by Gasteiger charge is 2.64. The van der Waals surface area contributed by atoms with Crippen LogP contribution >= 0.6 is 0 Å². The number of nitrogens with one attached hydrogen (secondary N) is 1. The monoisotopic (exact) mass is 209 g/mol. The number of hydrogen-bond acceptors (Lipinski definition) is 4. The summed E-state index contributed by atoms with van der Waals surface area (Å²) >= 11 is 0. The standard InChI is InChI=1S/C10H11NO4/c1-14-9-5-3-4-6-10(9,15-2)11-8(13)7(9)12/h3-6H,1-2H3,(H,11,13)/t9-,10-/m0/s1. The fourth-order valence-corrected chi connectivity index (χ4v) is 1.99. The number of rotatable bonds is 2. The lowest BCUT2D eigenvalue weighted by atomic mass is 9.86. The zero-order valence-corrected chi connectivity index (χ0v) is 8.44. The Morgan fingerprint density at radius 2 is 1.80 bits per heavy atom. The number of amides is 1. The molecule has 0 aromatic carbocycles. The van der Waals surface area contributed by atoms with Gasteiger partial charge in [0.25, 0.3) is 11.7 Å². The smallest absolute Gasteiger partial charge is 0.293 e. The summed E-state index contributed by atoms with van der Waals surface area (Å²) in [5.41, 5.74) is -2.60. The van der Waals surface area contributed by atoms with Crippen LogP contribution in [0.5, 0.6) is 0 Å². The van der Waals surface area contributed by atoms with Gasteiger partial charge in [-0.15, -0.1) is 0 Å². The van der Waals surface area contributed by atoms with Crippen molar-refractivity contribution in [2.24, 2.45) is 0 Å². The molecule has 2 atom stereocenters. The third-order valence-electron chi connectivity index (χ3n) is 2.81. The highest BCUT2D eigenvalue weighted by molar-refractivity contribution is 6.43. The molecule has 1 heterocycles. The Balaban J connectivity index is 2.60. The number of carbonyl (C=O) groups excluding carboxylic acids is 2. The SMILES string of the molecule is CO[C@@]12C=CC=C[C@]1(OC)C(=O)C(=O)N2. The lowest BCUT2D eigenvalue weighted by Crippen LogP contribution is -2.59. The van der Waals surface area contributed by atoms with Crippen molar-refractivity contribution < 1.29 is 19.1 Å². The molecule has 1 amide bonds. The van der Waals surface area contributed by atoms with Crippen LogP contribution < -0.4 is 5.32 Å². The highest BCUT2D eigenvalue weighted by atomic mass is 16.6. The Hall–Kier alpha value is -1.46. The van der Waals surface area contributed by atoms with Gasteiger partial charge in [-0.2, -0.15) is 0 Å². The van der Waals surface area contributed by atoms with Crippen LogP contribution in [0.2, 0.25) is 0 Å². The fraction of sp³-hybridized carbons (Fsp3) is 0.400. The Morgan fingerprint density at radius 3 is 2.33 bits per heavy atom. The van der Waals surface area contributed by atoms with Gasteiger partial charge in [0, 0.05) is 14.2 Å². The molecule has 0 aromatic rings. The first-order chi connectivity index (χ1) is 7.12. The maximum Gasteiger partial charge on any atom is 0.293 e. The van der Waals surface area contributed by atoms with Gasteiger partial charge in [-0.1, -0.05) is 12.2 Å². The Morgan fingerprint density at radius 1 is 1.13 bits per heavy atom. The normalized spacial score (nSPS) is 38.0. The summed E-state index contributed by atoms with van der Waals surface area (Å²) < 4.78 is 10.4. The molecule has 0 spiro atoms. The van der Waals surface area contributed by atoms with E-state index in [1.807, 2.05) is 0 Å². The molecule has 80 valence electrons. The van der Waals surface area contributed by atoms with E-state index in [2.05, 4.69) is 5.32 Å². The van der Waals surface area contributed by atoms with Crippen LogP contribution in [0.25, 0.3) is 0 Å². The van der Waals surface area contributed by atoms with Crippen LogP contribution in [0.4, 0.5) is 0 Å². The second-order valence-electron chi connectivity index (χ2n) is 3.38. The number of hydrogen-bond donors (Lipinski definition) is 1. The lowest BCUT2D eigenvalue weighted by Gasteiger charge is -2.38. The maximum atomic E-state index is 11.8. The minimum Gasteiger partial charge on any atom is -0.361 e. The minimum atomic E-state index is -1.38. The van der Waals surface area contributed by atoms with Crippen molar-refractivity contribution in [3.8, 4) is 0 Å². The van der Waals surface area contributed by atoms with Crippen molar-refractivity contribution in [2.45, 2.75) is 11.3 Å². The average Bonchev–Trinajstić information content (AvgIpc) is 2.50. The summed E-state index contributed by atoms with van der Waals surface area (Å²) in [5.74, 6) is -1.35. The van der Waals surface area contributed by atoms with Gasteiger partial charge < -0.3 is 14.8 Å². The van der Waals surface area contributed by atoms with Crippen LogP contribution in [0.1, 0.15) is 0 Å². The van der Waals surface area contributed by atoms with E-state index < -0.39 is 23.0 Å². The second-order valence-corrected chi connectivity index (χ2v) is 3.38. The molecule has 2 aliphatic rings. The quantitative estimate of drug-likeness (QED) is 0.625. The number of allylic oxidation sites excluding steroid dienone is 2. The molecule has 5 heteroatoms. The molecule has 0 unspecified atom stereocenters. The largest absolute Gasteiger partial charge is 0.361 e. The molecule has 1 fully saturated rings. The molecule has 5 nitrogen and oxygen atoms in total. The van der Waals surface area contributed by atoms with Gasteiger partial charge >= 0.3 is 0 Å². The first-order valence-corrected chi connectivity index (χ1v) is 4.46. The van der Waals surface area contributed by atoms with Crippen LogP contribution in [0.15, 0.2) is 24.3 Å². The van der Waals surface area contributed by atoms with Crippen LogP contribution in [0, 0.1) is 0 Å². The summed E-state index contributed by atoms with van der Waals surface area (Å²) in [6.45, 7) is 0. The van der Waals surface area contributed by atoms with Gasteiger partial charge in [0.15, 0.2) is 0 Å². The van der Waals surface area contributed by atoms with E-state index in [9.17, 15) is 9.59 Å². The third kappa shape index (κ3) is 0.989. The summed E-state index contributed by atoms with van der Waals surface area (Å²) in [6, 6.07) is 0. The van der Waals surface area contributed by atoms with Crippen molar-refractivity contribution in [3.05, 3.63) is 24.3 Å². The van der Waals surface area contributed by atoms with Crippen molar-refractivity contribution in [2.75, 3.05) is 14.2 Å². The topological polar surface area (TPSA) is 64.6 Å². The summed E-state index contributed by atoms with van der Waals surface area (Å²) in [7, 11) is 2.78. The van der Waals surface area contributed by atoms with Crippen LogP contribution in [-0.2, 0) is 19.1 Å². The summed E-state index contributed by atoms with van der Waals surface area (Å²) in [5, 5.41) is 2.49. The van der Waals surface area contributed by atoms with Gasteiger partial charge in [-0.25, -0.2) is 0 Å². The number of Topliss-reactive ketones (excluding diaryl/α,β-unsaturated/α-hetero) is 1. The van der Waals surface area contributed by atoms with E-state index in [0.29, 0.717) is 0 Å². The summed E-state index contributed by atoms with van der Waals surface area (Å²) in [4.78, 5) is 23.1. The Bertz CT molecular complexity index is 387. The predicted octanol–water partition coefficient (Wildman–Crippen LogP) is -0.461. The number of methoxy groups -OCH3 is 2. The lowest BCUT2D eigenvalue weighted by molar-refractivity contribution is -0.154. The number of fused-ring (bicyclic) bond motifs is 1. The molecule has 15 heavy (non-hydrogen) atoms. The van der Waals surface area contributed by atoms with E-state index in [0.717, 1.165) is 0 Å². The first kappa shape index (κ1) is 10.1. The highest BCUT2D eigenvalue weighted by Crippen LogP contribution is 2.37. The van der Waals surface area contributed by atoms with Gasteiger partial charge in [0.2, 0.25) is 11.3 Å². The molecule has 0 bridgehead atoms. The number of ether oxygens (including phenoxy) is 2. The van der Waals surface area contributed by atoms with Crippen molar-refractivity contribution >= 4 is 11.7 Å². The average molecular weight is 209 g/mol. The van der Waals surface area contributed by atoms with Crippen molar-refractivity contribution in [3.63, 3.8) is 0 Å². The van der Waals surface area contributed by atoms with Crippen LogP contribution in [0.3, 0.4) is 0 Å². The van der Waals surface area contributed by atoms with Crippen molar-refractivity contribution in [1.29, 1.82) is 0 Å². The van der Waals surface area contributed by atoms with Gasteiger partial charge in [0.1, 0.15) is 0 Å². The maximum absolute atomic E-state index is 11.8. The Labute approximate surface area is 86.7 Å². The van der Waals surface area contributed by atoms with Crippen LogP contribution in [-0.4, -0.2) is 37.2 Å². The van der Waals surface area contributed by atoms with E-state index in [4.69, 9.17) is 9.47 Å². The third-order valence-corrected chi connectivity index (χ3v) is 2.81. The molecule has 0 saturated carbocycles. The van der Waals surface area contributed by atoms with E-state index in [1.165, 1.54) is 20.3 Å². The van der Waals surface area contributed by atoms with E-state index in [1.54, 1.807) is 18.2 Å². The molecule has 0 radical (unpaired) electrons. The van der Waals surface area contributed by atoms with E-state index in [-0.39, 0.29) is 0 Å². The molecule has 2 rings (SSSR count). The fourth-order valence-electron chi connectivity index (χ4n) is 1.99. The molecule has 1 saturated heterocycles. The zero-order chi connectivity index (χ0) is 11.1. The molecular formula is C10H11NO4. The second kappa shape index (κ2) is 3.01. The molecule has 1 aliphatic carbocycles. The zero-order valence-electron chi connectivity index (χ0n) is 8.44. The van der Waals surface area contributed by atoms with Crippen molar-refractivity contribution in [1.82, 2.24) is 5.32 Å². The predicted molar refractivity (Wildman–Crippen MR) is 50.9 cm³/mol. The first-order valence-electron chi connectivity index (χ1n) is 4.46. The Kier molecular flexibility index (Phi) is 2.02. The van der Waals surface area contributed by atoms with Gasteiger partial charge in [-0.05, 0) is 12.2 Å². The summed E-state index contributed by atoms with van der Waals surface area (Å²) in [6.07, 6.45) is 6.47. The molecule has 1 N–H and O–H groups in total.